The summed E-state index contributed by atoms with van der Waals surface area (Å²) in [5.41, 5.74) is 0.973. The lowest BCUT2D eigenvalue weighted by atomic mass is 9.89. The molecule has 4 heterocycles. The fourth-order valence-corrected chi connectivity index (χ4v) is 4.31. The minimum absolute atomic E-state index is 0.207. The van der Waals surface area contributed by atoms with Gasteiger partial charge in [0.25, 0.3) is 0 Å². The maximum atomic E-state index is 12.6. The van der Waals surface area contributed by atoms with E-state index in [1.54, 1.807) is 11.0 Å². The van der Waals surface area contributed by atoms with Gasteiger partial charge in [0, 0.05) is 45.0 Å². The lowest BCUT2D eigenvalue weighted by Crippen LogP contribution is -2.58. The van der Waals surface area contributed by atoms with Gasteiger partial charge in [-0.1, -0.05) is 13.3 Å². The Morgan fingerprint density at radius 3 is 2.70 bits per heavy atom. The van der Waals surface area contributed by atoms with Crippen molar-refractivity contribution in [2.75, 3.05) is 37.7 Å². The van der Waals surface area contributed by atoms with Gasteiger partial charge in [-0.2, -0.15) is 5.10 Å². The van der Waals surface area contributed by atoms with E-state index in [1.807, 2.05) is 17.3 Å². The summed E-state index contributed by atoms with van der Waals surface area (Å²) in [5, 5.41) is 4.08. The summed E-state index contributed by atoms with van der Waals surface area (Å²) in [4.78, 5) is 29.9. The average molecular weight is 414 g/mol. The Morgan fingerprint density at radius 1 is 1.20 bits per heavy atom. The van der Waals surface area contributed by atoms with Gasteiger partial charge in [-0.05, 0) is 31.2 Å². The SMILES string of the molecule is CCCc1cnc(N2CCOC3(CCN(C(=O)CCCn4cncn4)CC3)C2)nc1. The molecule has 30 heavy (non-hydrogen) atoms. The third kappa shape index (κ3) is 4.95. The standard InChI is InChI=1S/C21H31N7O2/c1-2-4-18-13-23-20(24-14-18)27-11-12-30-21(15-27)6-9-26(10-7-21)19(29)5-3-8-28-17-22-16-25-28/h13-14,16-17H,2-12,15H2,1H3. The topological polar surface area (TPSA) is 89.3 Å². The predicted octanol–water partition coefficient (Wildman–Crippen LogP) is 1.70. The number of aromatic nitrogens is 5. The summed E-state index contributed by atoms with van der Waals surface area (Å²) in [5.74, 6) is 0.997. The number of likely N-dealkylation sites (tertiary alicyclic amines) is 1. The molecule has 0 unspecified atom stereocenters. The van der Waals surface area contributed by atoms with Crippen LogP contribution in [0.2, 0.25) is 0 Å². The number of ether oxygens (including phenoxy) is 1. The summed E-state index contributed by atoms with van der Waals surface area (Å²) in [6, 6.07) is 0. The Labute approximate surface area is 177 Å². The normalized spacial score (nSPS) is 18.7. The first-order chi connectivity index (χ1) is 14.7. The minimum Gasteiger partial charge on any atom is -0.371 e. The van der Waals surface area contributed by atoms with Crippen molar-refractivity contribution in [3.63, 3.8) is 0 Å². The summed E-state index contributed by atoms with van der Waals surface area (Å²) < 4.78 is 7.99. The van der Waals surface area contributed by atoms with Gasteiger partial charge in [0.1, 0.15) is 12.7 Å². The maximum Gasteiger partial charge on any atom is 0.225 e. The molecule has 1 amide bonds. The fraction of sp³-hybridized carbons (Fsp3) is 0.667. The zero-order chi connectivity index (χ0) is 20.8. The van der Waals surface area contributed by atoms with Gasteiger partial charge in [-0.25, -0.2) is 15.0 Å². The molecule has 2 aliphatic rings. The van der Waals surface area contributed by atoms with Crippen LogP contribution in [0.1, 0.15) is 44.6 Å². The van der Waals surface area contributed by atoms with E-state index >= 15 is 0 Å². The maximum absolute atomic E-state index is 12.6. The Balaban J connectivity index is 1.27. The van der Waals surface area contributed by atoms with Gasteiger partial charge in [-0.15, -0.1) is 0 Å². The summed E-state index contributed by atoms with van der Waals surface area (Å²) in [6.45, 7) is 6.63. The Hall–Kier alpha value is -2.55. The molecule has 0 atom stereocenters. The molecule has 0 saturated carbocycles. The number of amides is 1. The third-order valence-electron chi connectivity index (χ3n) is 6.03. The zero-order valence-corrected chi connectivity index (χ0v) is 17.7. The highest BCUT2D eigenvalue weighted by Crippen LogP contribution is 2.31. The van der Waals surface area contributed by atoms with Crippen LogP contribution in [0.25, 0.3) is 0 Å². The van der Waals surface area contributed by atoms with Gasteiger partial charge >= 0.3 is 0 Å². The Bertz CT molecular complexity index is 801. The van der Waals surface area contributed by atoms with E-state index in [4.69, 9.17) is 4.74 Å². The molecule has 0 bridgehead atoms. The van der Waals surface area contributed by atoms with Gasteiger partial charge in [-0.3, -0.25) is 9.48 Å². The van der Waals surface area contributed by atoms with Crippen molar-refractivity contribution >= 4 is 11.9 Å². The number of rotatable bonds is 7. The van der Waals surface area contributed by atoms with Crippen LogP contribution < -0.4 is 4.90 Å². The number of morpholine rings is 1. The number of carbonyl (C=O) groups is 1. The molecule has 2 fully saturated rings. The molecular weight excluding hydrogens is 382 g/mol. The van der Waals surface area contributed by atoms with Gasteiger partial charge < -0.3 is 14.5 Å². The number of hydrogen-bond acceptors (Lipinski definition) is 7. The number of anilines is 1. The second-order valence-electron chi connectivity index (χ2n) is 8.24. The van der Waals surface area contributed by atoms with E-state index in [-0.39, 0.29) is 11.5 Å². The number of carbonyl (C=O) groups excluding carboxylic acids is 1. The molecule has 2 aromatic rings. The van der Waals surface area contributed by atoms with Crippen LogP contribution >= 0.6 is 0 Å². The third-order valence-corrected chi connectivity index (χ3v) is 6.03. The van der Waals surface area contributed by atoms with Gasteiger partial charge in [0.05, 0.1) is 18.8 Å². The van der Waals surface area contributed by atoms with Crippen molar-refractivity contribution in [1.29, 1.82) is 0 Å². The van der Waals surface area contributed by atoms with Crippen molar-refractivity contribution in [3.8, 4) is 0 Å². The average Bonchev–Trinajstić information content (AvgIpc) is 3.29. The van der Waals surface area contributed by atoms with E-state index in [1.165, 1.54) is 11.9 Å². The van der Waals surface area contributed by atoms with Gasteiger partial charge in [0.15, 0.2) is 0 Å². The quantitative estimate of drug-likeness (QED) is 0.682. The van der Waals surface area contributed by atoms with E-state index in [0.717, 1.165) is 70.8 Å². The minimum atomic E-state index is -0.207. The van der Waals surface area contributed by atoms with Crippen molar-refractivity contribution in [2.24, 2.45) is 0 Å². The van der Waals surface area contributed by atoms with E-state index < -0.39 is 0 Å². The number of aryl methyl sites for hydroxylation is 2. The van der Waals surface area contributed by atoms with Crippen LogP contribution in [0, 0.1) is 0 Å². The summed E-state index contributed by atoms with van der Waals surface area (Å²) >= 11 is 0. The highest BCUT2D eigenvalue weighted by Gasteiger charge is 2.41. The fourth-order valence-electron chi connectivity index (χ4n) is 4.31. The zero-order valence-electron chi connectivity index (χ0n) is 17.7. The van der Waals surface area contributed by atoms with Crippen LogP contribution in [-0.2, 0) is 22.5 Å². The van der Waals surface area contributed by atoms with E-state index in [2.05, 4.69) is 31.9 Å². The number of nitrogens with zero attached hydrogens (tertiary/aromatic N) is 7. The van der Waals surface area contributed by atoms with Crippen molar-refractivity contribution in [1.82, 2.24) is 29.6 Å². The van der Waals surface area contributed by atoms with Crippen molar-refractivity contribution in [2.45, 2.75) is 57.6 Å². The molecule has 1 spiro atoms. The number of hydrogen-bond donors (Lipinski definition) is 0. The molecule has 0 aromatic carbocycles. The smallest absolute Gasteiger partial charge is 0.225 e. The van der Waals surface area contributed by atoms with Crippen LogP contribution in [0.4, 0.5) is 5.95 Å². The van der Waals surface area contributed by atoms with E-state index in [0.29, 0.717) is 13.0 Å². The van der Waals surface area contributed by atoms with Crippen molar-refractivity contribution in [3.05, 3.63) is 30.6 Å². The van der Waals surface area contributed by atoms with E-state index in [9.17, 15) is 4.79 Å². The molecule has 0 radical (unpaired) electrons. The second-order valence-corrected chi connectivity index (χ2v) is 8.24. The molecule has 9 heteroatoms. The largest absolute Gasteiger partial charge is 0.371 e. The Kier molecular flexibility index (Phi) is 6.56. The second kappa shape index (κ2) is 9.51. The molecule has 0 N–H and O–H groups in total. The molecular formula is C21H31N7O2. The first kappa shape index (κ1) is 20.7. The Morgan fingerprint density at radius 2 is 2.00 bits per heavy atom. The van der Waals surface area contributed by atoms with Crippen LogP contribution in [0.3, 0.4) is 0 Å². The molecule has 2 aromatic heterocycles. The highest BCUT2D eigenvalue weighted by atomic mass is 16.5. The van der Waals surface area contributed by atoms with Crippen LogP contribution in [0.15, 0.2) is 25.0 Å². The summed E-state index contributed by atoms with van der Waals surface area (Å²) in [7, 11) is 0. The van der Waals surface area contributed by atoms with Crippen LogP contribution in [-0.4, -0.2) is 73.9 Å². The van der Waals surface area contributed by atoms with Crippen molar-refractivity contribution < 1.29 is 9.53 Å². The lowest BCUT2D eigenvalue weighted by Gasteiger charge is -2.47. The molecule has 2 aliphatic heterocycles. The predicted molar refractivity (Wildman–Crippen MR) is 112 cm³/mol. The lowest BCUT2D eigenvalue weighted by molar-refractivity contribution is -0.139. The molecule has 0 aliphatic carbocycles. The molecule has 9 nitrogen and oxygen atoms in total. The molecule has 4 rings (SSSR count). The first-order valence-electron chi connectivity index (χ1n) is 11.0. The van der Waals surface area contributed by atoms with Crippen LogP contribution in [0.5, 0.6) is 0 Å². The summed E-state index contributed by atoms with van der Waals surface area (Å²) in [6.07, 6.45) is 12.2. The monoisotopic (exact) mass is 413 g/mol. The number of piperidine rings is 1. The molecule has 2 saturated heterocycles. The molecule has 162 valence electrons. The van der Waals surface area contributed by atoms with Gasteiger partial charge in [0.2, 0.25) is 11.9 Å². The highest BCUT2D eigenvalue weighted by molar-refractivity contribution is 5.76. The first-order valence-corrected chi connectivity index (χ1v) is 11.0.